The smallest absolute Gasteiger partial charge is 0.227 e. The summed E-state index contributed by atoms with van der Waals surface area (Å²) in [6.45, 7) is 6.27. The first-order valence-electron chi connectivity index (χ1n) is 8.95. The van der Waals surface area contributed by atoms with Crippen molar-refractivity contribution in [1.29, 1.82) is 0 Å². The summed E-state index contributed by atoms with van der Waals surface area (Å²) in [7, 11) is 1.89. The topological polar surface area (TPSA) is 71.5 Å². The van der Waals surface area contributed by atoms with E-state index >= 15 is 0 Å². The fourth-order valence-corrected chi connectivity index (χ4v) is 3.90. The number of aromatic nitrogens is 3. The van der Waals surface area contributed by atoms with Gasteiger partial charge in [-0.15, -0.1) is 0 Å². The maximum Gasteiger partial charge on any atom is 0.227 e. The zero-order valence-corrected chi connectivity index (χ0v) is 15.3. The molecule has 1 amide bonds. The molecule has 2 aliphatic rings. The van der Waals surface area contributed by atoms with Gasteiger partial charge < -0.3 is 14.5 Å². The van der Waals surface area contributed by atoms with Crippen LogP contribution in [0.1, 0.15) is 17.7 Å². The van der Waals surface area contributed by atoms with E-state index in [4.69, 9.17) is 4.74 Å². The van der Waals surface area contributed by atoms with Crippen molar-refractivity contribution in [2.75, 3.05) is 31.6 Å². The van der Waals surface area contributed by atoms with Crippen LogP contribution in [0.4, 0.5) is 5.82 Å². The highest BCUT2D eigenvalue weighted by molar-refractivity contribution is 5.81. The molecule has 2 atom stereocenters. The molecule has 2 aromatic rings. The summed E-state index contributed by atoms with van der Waals surface area (Å²) in [5.74, 6) is 2.78. The number of pyridine rings is 1. The first kappa shape index (κ1) is 16.8. The molecular formula is C19H23N5O2. The predicted octanol–water partition coefficient (Wildman–Crippen LogP) is 2.20. The number of carbonyl (C=O) groups excluding carboxylic acids is 1. The van der Waals surface area contributed by atoms with E-state index in [0.717, 1.165) is 36.6 Å². The molecule has 2 fully saturated rings. The van der Waals surface area contributed by atoms with Gasteiger partial charge in [-0.2, -0.15) is 0 Å². The Morgan fingerprint density at radius 2 is 2.04 bits per heavy atom. The number of aryl methyl sites for hydroxylation is 1. The van der Waals surface area contributed by atoms with E-state index in [-0.39, 0.29) is 11.8 Å². The minimum Gasteiger partial charge on any atom is -0.437 e. The van der Waals surface area contributed by atoms with Gasteiger partial charge in [0.25, 0.3) is 0 Å². The van der Waals surface area contributed by atoms with E-state index in [2.05, 4.69) is 19.9 Å². The SMILES string of the molecule is Cc1ncccc1Oc1ncnc(N2C[C@H]3CCN(C)C(=O)[C@H]3C2)c1C. The van der Waals surface area contributed by atoms with Gasteiger partial charge in [-0.05, 0) is 38.3 Å². The molecule has 0 spiro atoms. The van der Waals surface area contributed by atoms with Gasteiger partial charge in [0.2, 0.25) is 11.8 Å². The van der Waals surface area contributed by atoms with Gasteiger partial charge in [-0.3, -0.25) is 9.78 Å². The Kier molecular flexibility index (Phi) is 4.22. The molecule has 2 saturated heterocycles. The predicted molar refractivity (Wildman–Crippen MR) is 97.3 cm³/mol. The van der Waals surface area contributed by atoms with Crippen LogP contribution in [0.5, 0.6) is 11.6 Å². The summed E-state index contributed by atoms with van der Waals surface area (Å²) in [5.41, 5.74) is 1.70. The van der Waals surface area contributed by atoms with Gasteiger partial charge in [0.05, 0.1) is 17.2 Å². The Morgan fingerprint density at radius 1 is 1.19 bits per heavy atom. The molecule has 0 aromatic carbocycles. The summed E-state index contributed by atoms with van der Waals surface area (Å²) in [5, 5.41) is 0. The van der Waals surface area contributed by atoms with Gasteiger partial charge in [0, 0.05) is 32.9 Å². The number of nitrogens with zero attached hydrogens (tertiary/aromatic N) is 5. The molecule has 0 radical (unpaired) electrons. The van der Waals surface area contributed by atoms with Crippen LogP contribution >= 0.6 is 0 Å². The Morgan fingerprint density at radius 3 is 2.85 bits per heavy atom. The van der Waals surface area contributed by atoms with Crippen molar-refractivity contribution in [3.05, 3.63) is 35.9 Å². The number of hydrogen-bond acceptors (Lipinski definition) is 6. The molecule has 0 saturated carbocycles. The van der Waals surface area contributed by atoms with Crippen LogP contribution in [-0.4, -0.2) is 52.4 Å². The second kappa shape index (κ2) is 6.55. The zero-order chi connectivity index (χ0) is 18.3. The molecule has 2 aliphatic heterocycles. The molecule has 0 bridgehead atoms. The van der Waals surface area contributed by atoms with Gasteiger partial charge in [0.1, 0.15) is 12.1 Å². The van der Waals surface area contributed by atoms with Crippen LogP contribution in [0.3, 0.4) is 0 Å². The Balaban J connectivity index is 1.59. The summed E-state index contributed by atoms with van der Waals surface area (Å²) < 4.78 is 5.98. The molecular weight excluding hydrogens is 330 g/mol. The van der Waals surface area contributed by atoms with Crippen LogP contribution in [0.15, 0.2) is 24.7 Å². The normalized spacial score (nSPS) is 22.5. The van der Waals surface area contributed by atoms with Crippen molar-refractivity contribution >= 4 is 11.7 Å². The first-order chi connectivity index (χ1) is 12.5. The number of rotatable bonds is 3. The summed E-state index contributed by atoms with van der Waals surface area (Å²) in [6, 6.07) is 3.72. The highest BCUT2D eigenvalue weighted by Crippen LogP contribution is 2.36. The molecule has 2 aromatic heterocycles. The van der Waals surface area contributed by atoms with E-state index in [1.807, 2.05) is 37.9 Å². The van der Waals surface area contributed by atoms with Crippen LogP contribution in [0.2, 0.25) is 0 Å². The highest BCUT2D eigenvalue weighted by Gasteiger charge is 2.42. The van der Waals surface area contributed by atoms with E-state index in [9.17, 15) is 4.79 Å². The Hall–Kier alpha value is -2.70. The number of hydrogen-bond donors (Lipinski definition) is 0. The molecule has 4 rings (SSSR count). The lowest BCUT2D eigenvalue weighted by molar-refractivity contribution is -0.137. The third-order valence-corrected chi connectivity index (χ3v) is 5.45. The molecule has 0 N–H and O–H groups in total. The maximum absolute atomic E-state index is 12.4. The fourth-order valence-electron chi connectivity index (χ4n) is 3.90. The quantitative estimate of drug-likeness (QED) is 0.842. The molecule has 0 aliphatic carbocycles. The maximum atomic E-state index is 12.4. The minimum atomic E-state index is 0.0630. The van der Waals surface area contributed by atoms with Gasteiger partial charge in [0.15, 0.2) is 5.75 Å². The van der Waals surface area contributed by atoms with E-state index < -0.39 is 0 Å². The third kappa shape index (κ3) is 2.87. The number of carbonyl (C=O) groups is 1. The van der Waals surface area contributed by atoms with Crippen LogP contribution < -0.4 is 9.64 Å². The standard InChI is InChI=1S/C19H23N5O2/c1-12-17(24-9-14-6-8-23(3)19(25)15(14)10-24)21-11-22-18(12)26-16-5-4-7-20-13(16)2/h4-5,7,11,14-15H,6,8-10H2,1-3H3/t14-,15+/m1/s1. The van der Waals surface area contributed by atoms with Crippen molar-refractivity contribution in [3.8, 4) is 11.6 Å². The van der Waals surface area contributed by atoms with Gasteiger partial charge in [-0.1, -0.05) is 0 Å². The first-order valence-corrected chi connectivity index (χ1v) is 8.95. The lowest BCUT2D eigenvalue weighted by Gasteiger charge is -2.30. The highest BCUT2D eigenvalue weighted by atomic mass is 16.5. The Labute approximate surface area is 153 Å². The number of fused-ring (bicyclic) bond motifs is 1. The number of anilines is 1. The third-order valence-electron chi connectivity index (χ3n) is 5.45. The largest absolute Gasteiger partial charge is 0.437 e. The summed E-state index contributed by atoms with van der Waals surface area (Å²) >= 11 is 0. The van der Waals surface area contributed by atoms with Crippen LogP contribution in [-0.2, 0) is 4.79 Å². The van der Waals surface area contributed by atoms with E-state index in [0.29, 0.717) is 24.1 Å². The van der Waals surface area contributed by atoms with E-state index in [1.165, 1.54) is 6.33 Å². The zero-order valence-electron chi connectivity index (χ0n) is 15.3. The second-order valence-corrected chi connectivity index (χ2v) is 7.14. The molecule has 26 heavy (non-hydrogen) atoms. The molecule has 4 heterocycles. The average molecular weight is 353 g/mol. The Bertz CT molecular complexity index is 840. The summed E-state index contributed by atoms with van der Waals surface area (Å²) in [4.78, 5) is 29.5. The van der Waals surface area contributed by atoms with Crippen molar-refractivity contribution in [2.45, 2.75) is 20.3 Å². The number of likely N-dealkylation sites (tertiary alicyclic amines) is 1. The van der Waals surface area contributed by atoms with Crippen LogP contribution in [0.25, 0.3) is 0 Å². The number of amides is 1. The van der Waals surface area contributed by atoms with Gasteiger partial charge in [-0.25, -0.2) is 9.97 Å². The molecule has 7 heteroatoms. The second-order valence-electron chi connectivity index (χ2n) is 7.14. The monoisotopic (exact) mass is 353 g/mol. The summed E-state index contributed by atoms with van der Waals surface area (Å²) in [6.07, 6.45) is 4.31. The van der Waals surface area contributed by atoms with Crippen LogP contribution in [0, 0.1) is 25.7 Å². The average Bonchev–Trinajstić information content (AvgIpc) is 3.07. The van der Waals surface area contributed by atoms with Crippen molar-refractivity contribution in [1.82, 2.24) is 19.9 Å². The molecule has 136 valence electrons. The number of piperidine rings is 1. The lowest BCUT2D eigenvalue weighted by Crippen LogP contribution is -2.42. The van der Waals surface area contributed by atoms with Crippen molar-refractivity contribution in [2.24, 2.45) is 11.8 Å². The van der Waals surface area contributed by atoms with Crippen molar-refractivity contribution < 1.29 is 9.53 Å². The molecule has 0 unspecified atom stereocenters. The fraction of sp³-hybridized carbons (Fsp3) is 0.474. The number of ether oxygens (including phenoxy) is 1. The van der Waals surface area contributed by atoms with E-state index in [1.54, 1.807) is 6.20 Å². The lowest BCUT2D eigenvalue weighted by atomic mass is 9.88. The van der Waals surface area contributed by atoms with Gasteiger partial charge >= 0.3 is 0 Å². The molecule has 7 nitrogen and oxygen atoms in total. The minimum absolute atomic E-state index is 0.0630. The van der Waals surface area contributed by atoms with Crippen molar-refractivity contribution in [3.63, 3.8) is 0 Å².